The molecule has 0 saturated heterocycles. The Hall–Kier alpha value is -3.78. The molecular formula is C25H23N3O5. The molecule has 168 valence electrons. The Balaban J connectivity index is 1.72. The second-order valence-electron chi connectivity index (χ2n) is 8.55. The largest absolute Gasteiger partial charge is 0.454 e. The van der Waals surface area contributed by atoms with E-state index in [-0.39, 0.29) is 18.0 Å². The maximum absolute atomic E-state index is 13.5. The summed E-state index contributed by atoms with van der Waals surface area (Å²) in [5.41, 5.74) is 4.44. The molecule has 4 heterocycles. The molecule has 0 aliphatic carbocycles. The van der Waals surface area contributed by atoms with Crippen LogP contribution >= 0.6 is 0 Å². The standard InChI is InChI=1S/C25H23N3O5/c1-14-5-4-6-15(11-14)20-19-21(26(2)25(30)27(3)24(19)29)22-23(31-10-9-28(20)22)16-7-8-17-18(12-16)33-13-32-17/h4-8,11-12,23H,9-10,13H2,1-3H3. The second-order valence-corrected chi connectivity index (χ2v) is 8.55. The first kappa shape index (κ1) is 19.9. The van der Waals surface area contributed by atoms with E-state index in [0.717, 1.165) is 28.1 Å². The summed E-state index contributed by atoms with van der Waals surface area (Å²) in [5.74, 6) is 1.35. The van der Waals surface area contributed by atoms with E-state index in [1.807, 2.05) is 43.3 Å². The highest BCUT2D eigenvalue weighted by Gasteiger charge is 2.33. The first-order valence-corrected chi connectivity index (χ1v) is 10.9. The smallest absolute Gasteiger partial charge is 0.331 e. The van der Waals surface area contributed by atoms with Crippen LogP contribution in [0, 0.1) is 6.92 Å². The van der Waals surface area contributed by atoms with Gasteiger partial charge in [0, 0.05) is 20.6 Å². The van der Waals surface area contributed by atoms with Gasteiger partial charge in [0.25, 0.3) is 5.56 Å². The quantitative estimate of drug-likeness (QED) is 0.474. The Morgan fingerprint density at radius 1 is 0.970 bits per heavy atom. The molecule has 0 amide bonds. The third kappa shape index (κ3) is 2.80. The van der Waals surface area contributed by atoms with E-state index in [1.165, 1.54) is 11.6 Å². The predicted molar refractivity (Wildman–Crippen MR) is 123 cm³/mol. The van der Waals surface area contributed by atoms with Crippen molar-refractivity contribution < 1.29 is 14.2 Å². The molecule has 0 saturated carbocycles. The van der Waals surface area contributed by atoms with Crippen molar-refractivity contribution in [2.24, 2.45) is 14.1 Å². The molecule has 6 rings (SSSR count). The number of rotatable bonds is 2. The highest BCUT2D eigenvalue weighted by molar-refractivity contribution is 5.96. The number of benzene rings is 2. The maximum atomic E-state index is 13.5. The number of aromatic nitrogens is 3. The van der Waals surface area contributed by atoms with Crippen LogP contribution in [0.2, 0.25) is 0 Å². The van der Waals surface area contributed by atoms with Gasteiger partial charge in [-0.1, -0.05) is 29.8 Å². The van der Waals surface area contributed by atoms with Crippen LogP contribution in [-0.2, 0) is 25.4 Å². The number of ether oxygens (including phenoxy) is 3. The van der Waals surface area contributed by atoms with Crippen molar-refractivity contribution >= 4 is 10.9 Å². The van der Waals surface area contributed by atoms with E-state index in [0.29, 0.717) is 35.6 Å². The SMILES string of the molecule is Cc1cccc(-c2c3c(=O)n(C)c(=O)n(C)c3c3n2CCOC3c2ccc3c(c2)OCO3)c1. The Labute approximate surface area is 189 Å². The van der Waals surface area contributed by atoms with Crippen molar-refractivity contribution in [2.75, 3.05) is 13.4 Å². The first-order chi connectivity index (χ1) is 16.0. The average molecular weight is 445 g/mol. The lowest BCUT2D eigenvalue weighted by atomic mass is 10.0. The predicted octanol–water partition coefficient (Wildman–Crippen LogP) is 2.86. The number of hydrogen-bond acceptors (Lipinski definition) is 5. The highest BCUT2D eigenvalue weighted by atomic mass is 16.7. The molecule has 0 bridgehead atoms. The van der Waals surface area contributed by atoms with Gasteiger partial charge < -0.3 is 18.8 Å². The molecule has 33 heavy (non-hydrogen) atoms. The van der Waals surface area contributed by atoms with Crippen molar-refractivity contribution in [2.45, 2.75) is 19.6 Å². The van der Waals surface area contributed by atoms with Crippen LogP contribution in [0.1, 0.15) is 22.9 Å². The van der Waals surface area contributed by atoms with Gasteiger partial charge in [0.1, 0.15) is 6.10 Å². The Morgan fingerprint density at radius 3 is 2.61 bits per heavy atom. The van der Waals surface area contributed by atoms with Gasteiger partial charge in [-0.3, -0.25) is 13.9 Å². The number of aryl methyl sites for hydroxylation is 2. The van der Waals surface area contributed by atoms with Crippen molar-refractivity contribution in [1.82, 2.24) is 13.7 Å². The summed E-state index contributed by atoms with van der Waals surface area (Å²) >= 11 is 0. The zero-order valence-corrected chi connectivity index (χ0v) is 18.6. The lowest BCUT2D eigenvalue weighted by Crippen LogP contribution is -2.37. The molecule has 1 unspecified atom stereocenters. The van der Waals surface area contributed by atoms with Gasteiger partial charge in [0.15, 0.2) is 11.5 Å². The zero-order valence-electron chi connectivity index (χ0n) is 18.6. The van der Waals surface area contributed by atoms with Gasteiger partial charge >= 0.3 is 5.69 Å². The van der Waals surface area contributed by atoms with E-state index in [9.17, 15) is 9.59 Å². The van der Waals surface area contributed by atoms with Crippen molar-refractivity contribution in [1.29, 1.82) is 0 Å². The molecule has 2 aliphatic heterocycles. The Bertz CT molecular complexity index is 1560. The molecule has 0 spiro atoms. The molecule has 8 heteroatoms. The minimum Gasteiger partial charge on any atom is -0.454 e. The molecule has 0 fully saturated rings. The summed E-state index contributed by atoms with van der Waals surface area (Å²) in [6, 6.07) is 13.8. The van der Waals surface area contributed by atoms with Crippen molar-refractivity contribution in [3.8, 4) is 22.8 Å². The van der Waals surface area contributed by atoms with Crippen molar-refractivity contribution in [3.63, 3.8) is 0 Å². The second kappa shape index (κ2) is 7.11. The molecule has 4 aromatic rings. The fourth-order valence-corrected chi connectivity index (χ4v) is 5.00. The molecule has 2 aliphatic rings. The fourth-order valence-electron chi connectivity index (χ4n) is 5.00. The van der Waals surface area contributed by atoms with Crippen LogP contribution in [0.15, 0.2) is 52.1 Å². The minimum absolute atomic E-state index is 0.186. The third-order valence-electron chi connectivity index (χ3n) is 6.54. The summed E-state index contributed by atoms with van der Waals surface area (Å²) in [5, 5.41) is 0.524. The maximum Gasteiger partial charge on any atom is 0.331 e. The van der Waals surface area contributed by atoms with Crippen LogP contribution in [-0.4, -0.2) is 27.1 Å². The topological polar surface area (TPSA) is 76.6 Å². The van der Waals surface area contributed by atoms with Gasteiger partial charge in [0.05, 0.1) is 28.9 Å². The molecule has 0 radical (unpaired) electrons. The van der Waals surface area contributed by atoms with Gasteiger partial charge in [0.2, 0.25) is 6.79 Å². The van der Waals surface area contributed by atoms with Crippen LogP contribution in [0.25, 0.3) is 22.2 Å². The third-order valence-corrected chi connectivity index (χ3v) is 6.54. The molecule has 2 aromatic carbocycles. The summed E-state index contributed by atoms with van der Waals surface area (Å²) in [6.45, 7) is 3.26. The number of hydrogen-bond donors (Lipinski definition) is 0. The van der Waals surface area contributed by atoms with Gasteiger partial charge in [-0.25, -0.2) is 4.79 Å². The van der Waals surface area contributed by atoms with E-state index in [2.05, 4.69) is 10.6 Å². The first-order valence-electron chi connectivity index (χ1n) is 10.9. The molecule has 2 aromatic heterocycles. The molecular weight excluding hydrogens is 422 g/mol. The molecule has 1 atom stereocenters. The summed E-state index contributed by atoms with van der Waals surface area (Å²) in [6.07, 6.45) is -0.466. The lowest BCUT2D eigenvalue weighted by molar-refractivity contribution is 0.0477. The highest BCUT2D eigenvalue weighted by Crippen LogP contribution is 2.43. The van der Waals surface area contributed by atoms with Crippen molar-refractivity contribution in [3.05, 3.63) is 80.1 Å². The monoisotopic (exact) mass is 445 g/mol. The van der Waals surface area contributed by atoms with Crippen LogP contribution in [0.5, 0.6) is 11.5 Å². The Kier molecular flexibility index (Phi) is 4.28. The number of fused-ring (bicyclic) bond motifs is 4. The van der Waals surface area contributed by atoms with Crippen LogP contribution in [0.4, 0.5) is 0 Å². The number of nitrogens with zero attached hydrogens (tertiary/aromatic N) is 3. The average Bonchev–Trinajstić information content (AvgIpc) is 3.43. The van der Waals surface area contributed by atoms with Crippen LogP contribution < -0.4 is 20.7 Å². The molecule has 0 N–H and O–H groups in total. The summed E-state index contributed by atoms with van der Waals surface area (Å²) < 4.78 is 22.2. The lowest BCUT2D eigenvalue weighted by Gasteiger charge is -2.28. The summed E-state index contributed by atoms with van der Waals surface area (Å²) in [4.78, 5) is 26.4. The van der Waals surface area contributed by atoms with Gasteiger partial charge in [-0.2, -0.15) is 0 Å². The Morgan fingerprint density at radius 2 is 1.79 bits per heavy atom. The zero-order chi connectivity index (χ0) is 22.9. The van der Waals surface area contributed by atoms with E-state index in [1.54, 1.807) is 11.6 Å². The molecule has 8 nitrogen and oxygen atoms in total. The van der Waals surface area contributed by atoms with E-state index < -0.39 is 6.10 Å². The summed E-state index contributed by atoms with van der Waals surface area (Å²) in [7, 11) is 3.23. The minimum atomic E-state index is -0.466. The van der Waals surface area contributed by atoms with E-state index in [4.69, 9.17) is 14.2 Å². The van der Waals surface area contributed by atoms with Gasteiger partial charge in [-0.05, 0) is 36.2 Å². The fraction of sp³-hybridized carbons (Fsp3) is 0.280. The van der Waals surface area contributed by atoms with Crippen LogP contribution in [0.3, 0.4) is 0 Å². The van der Waals surface area contributed by atoms with E-state index >= 15 is 0 Å². The van der Waals surface area contributed by atoms with Gasteiger partial charge in [-0.15, -0.1) is 0 Å². The normalized spacial score (nSPS) is 16.9.